The number of thiophene rings is 1. The van der Waals surface area contributed by atoms with Crippen LogP contribution in [0.15, 0.2) is 60.0 Å². The van der Waals surface area contributed by atoms with Crippen molar-refractivity contribution in [2.75, 3.05) is 0 Å². The lowest BCUT2D eigenvalue weighted by Crippen LogP contribution is -2.58. The minimum absolute atomic E-state index is 0.216. The Hall–Kier alpha value is -3.96. The number of benzene rings is 2. The molecule has 0 fully saturated rings. The number of aryl methyl sites for hydroxylation is 1. The summed E-state index contributed by atoms with van der Waals surface area (Å²) in [5.41, 5.74) is 17.6. The maximum atomic E-state index is 13.2. The molecule has 8 N–H and O–H groups in total. The number of amides is 5. The number of carbonyl (C=O) groups excluding carboxylic acids is 4. The summed E-state index contributed by atoms with van der Waals surface area (Å²) in [6, 6.07) is 13.7. The second-order valence-corrected chi connectivity index (χ2v) is 9.52. The van der Waals surface area contributed by atoms with Crippen LogP contribution in [-0.2, 0) is 27.2 Å². The predicted octanol–water partition coefficient (Wildman–Crippen LogP) is 1.48. The van der Waals surface area contributed by atoms with E-state index in [4.69, 9.17) is 11.5 Å². The molecule has 0 radical (unpaired) electrons. The first kappa shape index (κ1) is 27.6. The van der Waals surface area contributed by atoms with Crippen molar-refractivity contribution in [3.63, 3.8) is 0 Å². The summed E-state index contributed by atoms with van der Waals surface area (Å²) in [5, 5.41) is 8.19. The third-order valence-corrected chi connectivity index (χ3v) is 6.92. The Labute approximate surface area is 219 Å². The Morgan fingerprint density at radius 1 is 0.892 bits per heavy atom. The number of hydrogen-bond acceptors (Lipinski definition) is 6. The topological polar surface area (TPSA) is 168 Å². The minimum Gasteiger partial charge on any atom is -0.368 e. The summed E-state index contributed by atoms with van der Waals surface area (Å²) >= 11 is 1.54. The summed E-state index contributed by atoms with van der Waals surface area (Å²) in [5.74, 6) is -1.80. The Kier molecular flexibility index (Phi) is 9.99. The lowest BCUT2D eigenvalue weighted by Gasteiger charge is -2.22. The van der Waals surface area contributed by atoms with Gasteiger partial charge in [0.15, 0.2) is 0 Å². The molecule has 2 aromatic carbocycles. The van der Waals surface area contributed by atoms with Gasteiger partial charge in [-0.3, -0.25) is 19.8 Å². The fraction of sp³-hybridized carbons (Fsp3) is 0.308. The van der Waals surface area contributed by atoms with Crippen LogP contribution in [0.3, 0.4) is 0 Å². The lowest BCUT2D eigenvalue weighted by atomic mass is 10.0. The zero-order valence-corrected chi connectivity index (χ0v) is 21.3. The molecule has 0 bridgehead atoms. The first-order chi connectivity index (χ1) is 17.8. The number of fused-ring (bicyclic) bond motifs is 1. The summed E-state index contributed by atoms with van der Waals surface area (Å²) < 4.78 is 1.07. The molecule has 3 atom stereocenters. The van der Waals surface area contributed by atoms with Crippen molar-refractivity contribution in [1.82, 2.24) is 21.5 Å². The van der Waals surface area contributed by atoms with Gasteiger partial charge in [-0.2, -0.15) is 0 Å². The molecule has 3 aromatic rings. The van der Waals surface area contributed by atoms with Crippen LogP contribution >= 0.6 is 11.3 Å². The van der Waals surface area contributed by atoms with Crippen LogP contribution in [-0.4, -0.2) is 41.9 Å². The van der Waals surface area contributed by atoms with Gasteiger partial charge in [-0.25, -0.2) is 10.2 Å². The van der Waals surface area contributed by atoms with Crippen molar-refractivity contribution in [3.05, 3.63) is 71.1 Å². The van der Waals surface area contributed by atoms with E-state index >= 15 is 0 Å². The summed E-state index contributed by atoms with van der Waals surface area (Å²) in [6.45, 7) is 1.74. The molecule has 0 saturated heterocycles. The number of primary amides is 1. The van der Waals surface area contributed by atoms with Gasteiger partial charge in [0.25, 0.3) is 5.91 Å². The van der Waals surface area contributed by atoms with E-state index in [-0.39, 0.29) is 12.8 Å². The van der Waals surface area contributed by atoms with Crippen molar-refractivity contribution >= 4 is 45.2 Å². The Morgan fingerprint density at radius 3 is 2.30 bits per heavy atom. The van der Waals surface area contributed by atoms with E-state index < -0.39 is 41.9 Å². The van der Waals surface area contributed by atoms with Crippen LogP contribution < -0.4 is 33.0 Å². The molecular formula is C26H32N6O4S. The number of hydrogen-bond donors (Lipinski definition) is 6. The van der Waals surface area contributed by atoms with Crippen LogP contribution in [0.2, 0.25) is 0 Å². The molecule has 196 valence electrons. The van der Waals surface area contributed by atoms with Crippen molar-refractivity contribution in [2.24, 2.45) is 11.5 Å². The van der Waals surface area contributed by atoms with E-state index in [0.29, 0.717) is 12.8 Å². The van der Waals surface area contributed by atoms with E-state index in [1.165, 1.54) is 0 Å². The van der Waals surface area contributed by atoms with E-state index in [9.17, 15) is 19.2 Å². The third kappa shape index (κ3) is 8.02. The van der Waals surface area contributed by atoms with Gasteiger partial charge in [-0.1, -0.05) is 55.5 Å². The highest BCUT2D eigenvalue weighted by molar-refractivity contribution is 7.17. The highest BCUT2D eigenvalue weighted by Crippen LogP contribution is 2.26. The number of rotatable bonds is 11. The standard InChI is InChI=1S/C26H32N6O4S/c1-2-19(27)24(34)31-32-26(36)30-20(13-12-16-8-4-3-5-9-16)25(35)29-21(23(28)33)14-17-15-37-22-11-7-6-10-18(17)22/h3-11,15,19-21H,2,12-14,27H2,1H3,(H2,28,33)(H,29,35)(H,31,34)(H2,30,32,36)/t19-,20+,21+/m1/s1. The molecule has 1 heterocycles. The number of urea groups is 1. The van der Waals surface area contributed by atoms with Gasteiger partial charge < -0.3 is 22.1 Å². The molecule has 0 saturated carbocycles. The third-order valence-electron chi connectivity index (χ3n) is 5.91. The highest BCUT2D eigenvalue weighted by atomic mass is 32.1. The van der Waals surface area contributed by atoms with E-state index in [1.807, 2.05) is 60.0 Å². The molecule has 0 spiro atoms. The second kappa shape index (κ2) is 13.4. The van der Waals surface area contributed by atoms with Crippen LogP contribution in [0.1, 0.15) is 30.9 Å². The van der Waals surface area contributed by atoms with Crippen LogP contribution in [0.5, 0.6) is 0 Å². The number of hydrazine groups is 1. The second-order valence-electron chi connectivity index (χ2n) is 8.60. The maximum Gasteiger partial charge on any atom is 0.334 e. The molecule has 0 aliphatic heterocycles. The molecule has 10 nitrogen and oxygen atoms in total. The highest BCUT2D eigenvalue weighted by Gasteiger charge is 2.27. The molecular weight excluding hydrogens is 492 g/mol. The lowest BCUT2D eigenvalue weighted by molar-refractivity contribution is -0.128. The number of nitrogens with two attached hydrogens (primary N) is 2. The average molecular weight is 525 g/mol. The molecule has 0 aliphatic carbocycles. The van der Waals surface area contributed by atoms with Crippen molar-refractivity contribution in [2.45, 2.75) is 50.7 Å². The Morgan fingerprint density at radius 2 is 1.59 bits per heavy atom. The van der Waals surface area contributed by atoms with Crippen LogP contribution in [0.4, 0.5) is 4.79 Å². The predicted molar refractivity (Wildman–Crippen MR) is 143 cm³/mol. The summed E-state index contributed by atoms with van der Waals surface area (Å²) in [4.78, 5) is 49.8. The first-order valence-corrected chi connectivity index (χ1v) is 12.9. The summed E-state index contributed by atoms with van der Waals surface area (Å²) in [7, 11) is 0. The maximum absolute atomic E-state index is 13.2. The van der Waals surface area contributed by atoms with Gasteiger partial charge in [0.2, 0.25) is 11.8 Å². The minimum atomic E-state index is -1.00. The van der Waals surface area contributed by atoms with Crippen molar-refractivity contribution < 1.29 is 19.2 Å². The van der Waals surface area contributed by atoms with Gasteiger partial charge in [0.1, 0.15) is 12.1 Å². The molecule has 0 unspecified atom stereocenters. The van der Waals surface area contributed by atoms with Gasteiger partial charge >= 0.3 is 6.03 Å². The van der Waals surface area contributed by atoms with Crippen molar-refractivity contribution in [3.8, 4) is 0 Å². The molecule has 1 aromatic heterocycles. The number of nitrogens with one attached hydrogen (secondary N) is 4. The molecule has 3 rings (SSSR count). The summed E-state index contributed by atoms with van der Waals surface area (Å²) in [6.07, 6.45) is 1.35. The zero-order valence-electron chi connectivity index (χ0n) is 20.5. The monoisotopic (exact) mass is 524 g/mol. The molecule has 37 heavy (non-hydrogen) atoms. The molecule has 11 heteroatoms. The average Bonchev–Trinajstić information content (AvgIpc) is 3.31. The normalized spacial score (nSPS) is 13.2. The fourth-order valence-corrected chi connectivity index (χ4v) is 4.70. The van der Waals surface area contributed by atoms with E-state index in [1.54, 1.807) is 18.3 Å². The van der Waals surface area contributed by atoms with Crippen molar-refractivity contribution in [1.29, 1.82) is 0 Å². The Balaban J connectivity index is 1.69. The smallest absolute Gasteiger partial charge is 0.334 e. The quantitative estimate of drug-likeness (QED) is 0.209. The van der Waals surface area contributed by atoms with Gasteiger partial charge in [0, 0.05) is 11.1 Å². The first-order valence-electron chi connectivity index (χ1n) is 12.0. The largest absolute Gasteiger partial charge is 0.368 e. The Bertz CT molecular complexity index is 1230. The molecule has 5 amide bonds. The van der Waals surface area contributed by atoms with E-state index in [0.717, 1.165) is 21.2 Å². The molecule has 0 aliphatic rings. The SMILES string of the molecule is CC[C@@H](N)C(=O)NNC(=O)N[C@@H](CCc1ccccc1)C(=O)N[C@@H](Cc1csc2ccccc12)C(N)=O. The fourth-order valence-electron chi connectivity index (χ4n) is 3.72. The number of carbonyl (C=O) groups is 4. The van der Waals surface area contributed by atoms with Gasteiger partial charge in [0.05, 0.1) is 6.04 Å². The zero-order chi connectivity index (χ0) is 26.8. The van der Waals surface area contributed by atoms with Gasteiger partial charge in [-0.15, -0.1) is 11.3 Å². The van der Waals surface area contributed by atoms with Crippen LogP contribution in [0.25, 0.3) is 10.1 Å². The van der Waals surface area contributed by atoms with Crippen LogP contribution in [0, 0.1) is 0 Å². The van der Waals surface area contributed by atoms with E-state index in [2.05, 4.69) is 21.5 Å². The van der Waals surface area contributed by atoms with Gasteiger partial charge in [-0.05, 0) is 47.2 Å².